The lowest BCUT2D eigenvalue weighted by Crippen LogP contribution is -2.36. The highest BCUT2D eigenvalue weighted by molar-refractivity contribution is 5.93. The van der Waals surface area contributed by atoms with E-state index in [-0.39, 0.29) is 11.7 Å². The first kappa shape index (κ1) is 16.5. The predicted octanol–water partition coefficient (Wildman–Crippen LogP) is 2.93. The molecule has 4 nitrogen and oxygen atoms in total. The first-order valence-corrected chi connectivity index (χ1v) is 8.06. The van der Waals surface area contributed by atoms with Crippen LogP contribution >= 0.6 is 0 Å². The Kier molecular flexibility index (Phi) is 5.11. The van der Waals surface area contributed by atoms with Gasteiger partial charge in [-0.25, -0.2) is 4.39 Å². The van der Waals surface area contributed by atoms with Crippen molar-refractivity contribution in [2.45, 2.75) is 6.54 Å². The molecule has 5 heteroatoms. The van der Waals surface area contributed by atoms with Crippen LogP contribution in [0.25, 0.3) is 0 Å². The van der Waals surface area contributed by atoms with Crippen LogP contribution in [0.5, 0.6) is 0 Å². The molecule has 0 aromatic heterocycles. The van der Waals surface area contributed by atoms with Crippen LogP contribution in [0.4, 0.5) is 10.1 Å². The maximum Gasteiger partial charge on any atom is 0.253 e. The zero-order valence-corrected chi connectivity index (χ0v) is 13.7. The van der Waals surface area contributed by atoms with Crippen molar-refractivity contribution < 1.29 is 13.9 Å². The minimum absolute atomic E-state index is 0.118. The van der Waals surface area contributed by atoms with E-state index in [1.165, 1.54) is 30.0 Å². The lowest BCUT2D eigenvalue weighted by Gasteiger charge is -2.29. The van der Waals surface area contributed by atoms with Crippen LogP contribution in [-0.2, 0) is 11.3 Å². The Balaban J connectivity index is 1.62. The van der Waals surface area contributed by atoms with Crippen molar-refractivity contribution in [3.63, 3.8) is 0 Å². The molecule has 0 unspecified atom stereocenters. The van der Waals surface area contributed by atoms with Crippen molar-refractivity contribution in [2.75, 3.05) is 38.3 Å². The number of benzene rings is 2. The van der Waals surface area contributed by atoms with Gasteiger partial charge in [-0.15, -0.1) is 0 Å². The fraction of sp³-hybridized carbons (Fsp3) is 0.316. The number of ether oxygens (including phenoxy) is 1. The Bertz CT molecular complexity index is 680. The Morgan fingerprint density at radius 2 is 1.71 bits per heavy atom. The molecule has 126 valence electrons. The Morgan fingerprint density at radius 1 is 1.08 bits per heavy atom. The van der Waals surface area contributed by atoms with E-state index in [1.54, 1.807) is 11.9 Å². The molecule has 1 amide bonds. The summed E-state index contributed by atoms with van der Waals surface area (Å²) >= 11 is 0. The summed E-state index contributed by atoms with van der Waals surface area (Å²) in [6, 6.07) is 13.9. The minimum Gasteiger partial charge on any atom is -0.378 e. The molecule has 24 heavy (non-hydrogen) atoms. The average Bonchev–Trinajstić information content (AvgIpc) is 2.63. The molecule has 0 aliphatic carbocycles. The summed E-state index contributed by atoms with van der Waals surface area (Å²) in [5.74, 6) is -0.458. The van der Waals surface area contributed by atoms with Gasteiger partial charge < -0.3 is 14.5 Å². The highest BCUT2D eigenvalue weighted by Crippen LogP contribution is 2.18. The van der Waals surface area contributed by atoms with Gasteiger partial charge in [0.05, 0.1) is 13.2 Å². The highest BCUT2D eigenvalue weighted by Gasteiger charge is 2.13. The van der Waals surface area contributed by atoms with Crippen molar-refractivity contribution >= 4 is 11.6 Å². The topological polar surface area (TPSA) is 32.8 Å². The number of halogens is 1. The Morgan fingerprint density at radius 3 is 2.33 bits per heavy atom. The first-order chi connectivity index (χ1) is 11.6. The average molecular weight is 328 g/mol. The second-order valence-electron chi connectivity index (χ2n) is 5.93. The minimum atomic E-state index is -0.340. The molecule has 0 atom stereocenters. The molecular formula is C19H21FN2O2. The van der Waals surface area contributed by atoms with Crippen molar-refractivity contribution in [3.8, 4) is 0 Å². The summed E-state index contributed by atoms with van der Waals surface area (Å²) in [7, 11) is 1.75. The van der Waals surface area contributed by atoms with E-state index in [1.807, 2.05) is 12.1 Å². The molecule has 1 aliphatic rings. The summed E-state index contributed by atoms with van der Waals surface area (Å²) in [5, 5.41) is 0. The fourth-order valence-electron chi connectivity index (χ4n) is 2.79. The molecule has 1 heterocycles. The number of carbonyl (C=O) groups is 1. The zero-order valence-electron chi connectivity index (χ0n) is 13.7. The number of amides is 1. The van der Waals surface area contributed by atoms with Crippen LogP contribution in [0, 0.1) is 5.82 Å². The van der Waals surface area contributed by atoms with Crippen molar-refractivity contribution in [1.29, 1.82) is 0 Å². The third kappa shape index (κ3) is 3.92. The Hall–Kier alpha value is -2.40. The van der Waals surface area contributed by atoms with Gasteiger partial charge in [-0.2, -0.15) is 0 Å². The van der Waals surface area contributed by atoms with Gasteiger partial charge in [0.1, 0.15) is 5.82 Å². The van der Waals surface area contributed by atoms with Crippen molar-refractivity contribution in [2.24, 2.45) is 0 Å². The Labute approximate surface area is 141 Å². The van der Waals surface area contributed by atoms with Crippen LogP contribution < -0.4 is 4.90 Å². The quantitative estimate of drug-likeness (QED) is 0.865. The summed E-state index contributed by atoms with van der Waals surface area (Å²) in [4.78, 5) is 16.3. The summed E-state index contributed by atoms with van der Waals surface area (Å²) in [6.07, 6.45) is 0. The van der Waals surface area contributed by atoms with E-state index in [4.69, 9.17) is 4.74 Å². The van der Waals surface area contributed by atoms with Gasteiger partial charge >= 0.3 is 0 Å². The highest BCUT2D eigenvalue weighted by atomic mass is 19.1. The molecule has 3 rings (SSSR count). The molecule has 0 bridgehead atoms. The normalized spacial score (nSPS) is 14.5. The van der Waals surface area contributed by atoms with E-state index in [9.17, 15) is 9.18 Å². The number of carbonyl (C=O) groups excluding carboxylic acids is 1. The molecule has 1 aliphatic heterocycles. The van der Waals surface area contributed by atoms with Crippen LogP contribution in [0.3, 0.4) is 0 Å². The van der Waals surface area contributed by atoms with Gasteiger partial charge in [0.15, 0.2) is 0 Å². The van der Waals surface area contributed by atoms with Crippen molar-refractivity contribution in [3.05, 3.63) is 65.5 Å². The zero-order chi connectivity index (χ0) is 16.9. The van der Waals surface area contributed by atoms with E-state index in [0.717, 1.165) is 31.9 Å². The van der Waals surface area contributed by atoms with E-state index >= 15 is 0 Å². The van der Waals surface area contributed by atoms with Crippen LogP contribution in [0.15, 0.2) is 48.5 Å². The van der Waals surface area contributed by atoms with Gasteiger partial charge in [-0.05, 0) is 42.0 Å². The van der Waals surface area contributed by atoms with Crippen molar-refractivity contribution in [1.82, 2.24) is 4.90 Å². The first-order valence-electron chi connectivity index (χ1n) is 8.06. The third-order valence-electron chi connectivity index (χ3n) is 4.17. The molecule has 2 aromatic rings. The number of nitrogens with zero attached hydrogens (tertiary/aromatic N) is 2. The molecular weight excluding hydrogens is 307 g/mol. The SMILES string of the molecule is CN(Cc1ccc(N2CCOCC2)cc1)C(=O)c1ccc(F)cc1. The largest absolute Gasteiger partial charge is 0.378 e. The number of rotatable bonds is 4. The molecule has 0 N–H and O–H groups in total. The number of hydrogen-bond donors (Lipinski definition) is 0. The summed E-state index contributed by atoms with van der Waals surface area (Å²) in [6.45, 7) is 3.84. The van der Waals surface area contributed by atoms with Gasteiger partial charge in [-0.3, -0.25) is 4.79 Å². The molecule has 2 aromatic carbocycles. The maximum atomic E-state index is 13.0. The van der Waals surface area contributed by atoms with E-state index < -0.39 is 0 Å². The van der Waals surface area contributed by atoms with Crippen LogP contribution in [0.1, 0.15) is 15.9 Å². The van der Waals surface area contributed by atoms with Gasteiger partial charge in [0.2, 0.25) is 0 Å². The second kappa shape index (κ2) is 7.45. The van der Waals surface area contributed by atoms with Gasteiger partial charge in [0.25, 0.3) is 5.91 Å². The number of morpholine rings is 1. The smallest absolute Gasteiger partial charge is 0.253 e. The fourth-order valence-corrected chi connectivity index (χ4v) is 2.79. The van der Waals surface area contributed by atoms with Crippen LogP contribution in [0.2, 0.25) is 0 Å². The standard InChI is InChI=1S/C19H21FN2O2/c1-21(19(23)16-4-6-17(20)7-5-16)14-15-2-8-18(9-3-15)22-10-12-24-13-11-22/h2-9H,10-14H2,1H3. The summed E-state index contributed by atoms with van der Waals surface area (Å²) < 4.78 is 18.3. The number of hydrogen-bond acceptors (Lipinski definition) is 3. The molecule has 1 fully saturated rings. The van der Waals surface area contributed by atoms with Gasteiger partial charge in [0, 0.05) is 37.9 Å². The third-order valence-corrected chi connectivity index (χ3v) is 4.17. The second-order valence-corrected chi connectivity index (χ2v) is 5.93. The number of anilines is 1. The predicted molar refractivity (Wildman–Crippen MR) is 91.7 cm³/mol. The summed E-state index contributed by atoms with van der Waals surface area (Å²) in [5.41, 5.74) is 2.73. The monoisotopic (exact) mass is 328 g/mol. The van der Waals surface area contributed by atoms with E-state index in [2.05, 4.69) is 17.0 Å². The molecule has 1 saturated heterocycles. The molecule has 0 radical (unpaired) electrons. The molecule has 0 spiro atoms. The lowest BCUT2D eigenvalue weighted by atomic mass is 10.1. The molecule has 0 saturated carbocycles. The van der Waals surface area contributed by atoms with E-state index in [0.29, 0.717) is 12.1 Å². The maximum absolute atomic E-state index is 13.0. The van der Waals surface area contributed by atoms with Gasteiger partial charge in [-0.1, -0.05) is 12.1 Å². The lowest BCUT2D eigenvalue weighted by molar-refractivity contribution is 0.0785. The van der Waals surface area contributed by atoms with Crippen LogP contribution in [-0.4, -0.2) is 44.2 Å².